The van der Waals surface area contributed by atoms with Gasteiger partial charge in [0.05, 0.1) is 0 Å². The molecule has 0 saturated carbocycles. The van der Waals surface area contributed by atoms with Crippen LogP contribution in [0.3, 0.4) is 0 Å². The number of fused-ring (bicyclic) bond motifs is 1. The summed E-state index contributed by atoms with van der Waals surface area (Å²) in [6.45, 7) is 1.79. The van der Waals surface area contributed by atoms with Gasteiger partial charge >= 0.3 is 0 Å². The Bertz CT molecular complexity index is 1210. The first-order chi connectivity index (χ1) is 14.5. The van der Waals surface area contributed by atoms with E-state index in [1.807, 2.05) is 30.3 Å². The lowest BCUT2D eigenvalue weighted by Gasteiger charge is -2.35. The minimum absolute atomic E-state index is 0.119. The highest BCUT2D eigenvalue weighted by Gasteiger charge is 2.22. The van der Waals surface area contributed by atoms with E-state index in [1.54, 1.807) is 16.7 Å². The maximum Gasteiger partial charge on any atom is 0.259 e. The number of hydrogen-bond acceptors (Lipinski definition) is 4. The second-order valence-corrected chi connectivity index (χ2v) is 8.41. The maximum atomic E-state index is 14.4. The number of hydrogen-bond donors (Lipinski definition) is 0. The number of benzene rings is 1. The van der Waals surface area contributed by atoms with Crippen molar-refractivity contribution in [1.82, 2.24) is 14.3 Å². The summed E-state index contributed by atoms with van der Waals surface area (Å²) >= 11 is 0. The molecule has 1 fully saturated rings. The fourth-order valence-electron chi connectivity index (χ4n) is 4.26. The zero-order chi connectivity index (χ0) is 20.8. The second kappa shape index (κ2) is 7.36. The lowest BCUT2D eigenvalue weighted by molar-refractivity contribution is 0.249. The summed E-state index contributed by atoms with van der Waals surface area (Å²) in [4.78, 5) is 22.0. The molecule has 1 saturated heterocycles. The van der Waals surface area contributed by atoms with Gasteiger partial charge in [-0.15, -0.1) is 0 Å². The predicted octanol–water partition coefficient (Wildman–Crippen LogP) is 3.82. The molecule has 3 aromatic rings. The Hall–Kier alpha value is -2.99. The van der Waals surface area contributed by atoms with Crippen LogP contribution in [0.1, 0.15) is 24.8 Å². The van der Waals surface area contributed by atoms with E-state index in [1.165, 1.54) is 6.07 Å². The van der Waals surface area contributed by atoms with Crippen LogP contribution in [0.25, 0.3) is 22.3 Å². The topological polar surface area (TPSA) is 40.9 Å². The van der Waals surface area contributed by atoms with Gasteiger partial charge in [0.2, 0.25) is 0 Å². The monoisotopic (exact) mass is 404 g/mol. The first kappa shape index (κ1) is 19.0. The molecule has 2 aromatic heterocycles. The molecular weight excluding hydrogens is 379 g/mol. The van der Waals surface area contributed by atoms with E-state index in [2.05, 4.69) is 23.9 Å². The van der Waals surface area contributed by atoms with E-state index in [9.17, 15) is 9.18 Å². The minimum Gasteiger partial charge on any atom is -0.356 e. The number of pyridine rings is 1. The first-order valence-corrected chi connectivity index (χ1v) is 10.4. The van der Waals surface area contributed by atoms with Crippen molar-refractivity contribution >= 4 is 17.0 Å². The Morgan fingerprint density at radius 3 is 2.47 bits per heavy atom. The van der Waals surface area contributed by atoms with Gasteiger partial charge in [0.1, 0.15) is 17.3 Å². The van der Waals surface area contributed by atoms with Gasteiger partial charge < -0.3 is 9.80 Å². The van der Waals surface area contributed by atoms with E-state index >= 15 is 0 Å². The lowest BCUT2D eigenvalue weighted by Crippen LogP contribution is -2.42. The third-order valence-electron chi connectivity index (χ3n) is 6.22. The summed E-state index contributed by atoms with van der Waals surface area (Å²) in [5, 5.41) is 0. The van der Waals surface area contributed by atoms with Crippen LogP contribution in [0.5, 0.6) is 0 Å². The van der Waals surface area contributed by atoms with Crippen LogP contribution >= 0.6 is 0 Å². The van der Waals surface area contributed by atoms with Crippen molar-refractivity contribution in [3.63, 3.8) is 0 Å². The van der Waals surface area contributed by atoms with Gasteiger partial charge in [-0.2, -0.15) is 0 Å². The van der Waals surface area contributed by atoms with Crippen molar-refractivity contribution in [1.29, 1.82) is 0 Å². The SMILES string of the molecule is CN(C)C1CCN(c2cc(=O)n3cc(-c4ccc(C5=CC5)c(F)c4)ccc3n2)CC1. The molecule has 0 amide bonds. The van der Waals surface area contributed by atoms with E-state index in [4.69, 9.17) is 4.98 Å². The molecule has 0 spiro atoms. The number of nitrogens with zero attached hydrogens (tertiary/aromatic N) is 4. The van der Waals surface area contributed by atoms with E-state index in [0.717, 1.165) is 54.9 Å². The number of rotatable bonds is 4. The van der Waals surface area contributed by atoms with Crippen molar-refractivity contribution in [2.24, 2.45) is 0 Å². The maximum absolute atomic E-state index is 14.4. The Balaban J connectivity index is 1.44. The molecule has 6 heteroatoms. The fraction of sp³-hybridized carbons (Fsp3) is 0.333. The van der Waals surface area contributed by atoms with Crippen molar-refractivity contribution in [3.8, 4) is 11.1 Å². The van der Waals surface area contributed by atoms with E-state index in [0.29, 0.717) is 17.3 Å². The molecule has 1 aliphatic heterocycles. The molecule has 154 valence electrons. The van der Waals surface area contributed by atoms with Crippen LogP contribution in [0.2, 0.25) is 0 Å². The average Bonchev–Trinajstić information content (AvgIpc) is 3.58. The van der Waals surface area contributed by atoms with Crippen molar-refractivity contribution in [3.05, 3.63) is 70.4 Å². The summed E-state index contributed by atoms with van der Waals surface area (Å²) in [6.07, 6.45) is 6.75. The number of piperidine rings is 1. The van der Waals surface area contributed by atoms with Crippen LogP contribution in [-0.2, 0) is 0 Å². The first-order valence-electron chi connectivity index (χ1n) is 10.4. The smallest absolute Gasteiger partial charge is 0.259 e. The van der Waals surface area contributed by atoms with Gasteiger partial charge in [-0.25, -0.2) is 9.37 Å². The molecule has 5 rings (SSSR count). The summed E-state index contributed by atoms with van der Waals surface area (Å²) < 4.78 is 16.0. The standard InChI is InChI=1S/C24H25FN4O/c1-27(2)19-9-11-28(12-10-19)23-14-24(30)29-15-18(6-8-22(29)26-23)17-5-7-20(16-3-4-16)21(25)13-17/h3,5-8,13-15,19H,4,9-12H2,1-2H3. The summed E-state index contributed by atoms with van der Waals surface area (Å²) in [7, 11) is 4.22. The Labute approximate surface area is 175 Å². The van der Waals surface area contributed by atoms with Crippen LogP contribution in [0.4, 0.5) is 10.2 Å². The largest absolute Gasteiger partial charge is 0.356 e. The summed E-state index contributed by atoms with van der Waals surface area (Å²) in [6, 6.07) is 11.2. The number of aromatic nitrogens is 2. The lowest BCUT2D eigenvalue weighted by atomic mass is 10.0. The van der Waals surface area contributed by atoms with Crippen molar-refractivity contribution in [2.75, 3.05) is 32.1 Å². The summed E-state index contributed by atoms with van der Waals surface area (Å²) in [5.41, 5.74) is 3.76. The fourth-order valence-corrected chi connectivity index (χ4v) is 4.26. The second-order valence-electron chi connectivity index (χ2n) is 8.41. The zero-order valence-corrected chi connectivity index (χ0v) is 17.3. The van der Waals surface area contributed by atoms with Crippen molar-refractivity contribution < 1.29 is 4.39 Å². The highest BCUT2D eigenvalue weighted by molar-refractivity contribution is 5.79. The summed E-state index contributed by atoms with van der Waals surface area (Å²) in [5.74, 6) is 0.511. The van der Waals surface area contributed by atoms with E-state index < -0.39 is 0 Å². The van der Waals surface area contributed by atoms with Crippen LogP contribution in [0.15, 0.2) is 53.5 Å². The van der Waals surface area contributed by atoms with Gasteiger partial charge in [0, 0.05) is 37.0 Å². The Kier molecular flexibility index (Phi) is 4.66. The molecule has 2 aliphatic rings. The molecule has 3 heterocycles. The average molecular weight is 404 g/mol. The predicted molar refractivity (Wildman–Crippen MR) is 118 cm³/mol. The van der Waals surface area contributed by atoms with Crippen LogP contribution in [-0.4, -0.2) is 47.5 Å². The van der Waals surface area contributed by atoms with Crippen LogP contribution in [0, 0.1) is 5.82 Å². The molecule has 0 atom stereocenters. The third-order valence-corrected chi connectivity index (χ3v) is 6.22. The number of allylic oxidation sites excluding steroid dienone is 2. The number of halogens is 1. The minimum atomic E-state index is -0.224. The molecule has 1 aromatic carbocycles. The van der Waals surface area contributed by atoms with E-state index in [-0.39, 0.29) is 11.4 Å². The van der Waals surface area contributed by atoms with Crippen LogP contribution < -0.4 is 10.5 Å². The molecule has 0 unspecified atom stereocenters. The third kappa shape index (κ3) is 3.52. The number of anilines is 1. The van der Waals surface area contributed by atoms with Gasteiger partial charge in [-0.1, -0.05) is 18.2 Å². The normalized spacial score (nSPS) is 16.9. The van der Waals surface area contributed by atoms with Gasteiger partial charge in [0.25, 0.3) is 5.56 Å². The Morgan fingerprint density at radius 2 is 1.80 bits per heavy atom. The van der Waals surface area contributed by atoms with Gasteiger partial charge in [0.15, 0.2) is 0 Å². The molecular formula is C24H25FN4O. The molecule has 0 radical (unpaired) electrons. The molecule has 0 bridgehead atoms. The van der Waals surface area contributed by atoms with Crippen molar-refractivity contribution in [2.45, 2.75) is 25.3 Å². The quantitative estimate of drug-likeness (QED) is 0.663. The molecule has 1 aliphatic carbocycles. The zero-order valence-electron chi connectivity index (χ0n) is 17.3. The highest BCUT2D eigenvalue weighted by atomic mass is 19.1. The molecule has 30 heavy (non-hydrogen) atoms. The highest BCUT2D eigenvalue weighted by Crippen LogP contribution is 2.34. The van der Waals surface area contributed by atoms with Gasteiger partial charge in [-0.3, -0.25) is 9.20 Å². The molecule has 0 N–H and O–H groups in total. The van der Waals surface area contributed by atoms with Gasteiger partial charge in [-0.05, 0) is 68.3 Å². The molecule has 5 nitrogen and oxygen atoms in total. The Morgan fingerprint density at radius 1 is 1.07 bits per heavy atom.